The lowest BCUT2D eigenvalue weighted by Gasteiger charge is -2.40. The van der Waals surface area contributed by atoms with Crippen molar-refractivity contribution in [2.75, 3.05) is 0 Å². The number of aromatic nitrogens is 11. The Bertz CT molecular complexity index is 8650. The molecular formula is C129H79N11O2. The summed E-state index contributed by atoms with van der Waals surface area (Å²) in [5.41, 5.74) is 31.4. The Kier molecular flexibility index (Phi) is 19.7. The molecular weight excluding hydrogens is 1740 g/mol. The summed E-state index contributed by atoms with van der Waals surface area (Å²) in [6, 6.07) is 167. The molecule has 0 bridgehead atoms. The van der Waals surface area contributed by atoms with Crippen LogP contribution in [0.25, 0.3) is 203 Å². The molecule has 0 amide bonds. The Labute approximate surface area is 819 Å². The zero-order chi connectivity index (χ0) is 93.8. The van der Waals surface area contributed by atoms with Crippen molar-refractivity contribution in [1.29, 1.82) is 0 Å². The lowest BCUT2D eigenvalue weighted by Crippen LogP contribution is -2.32. The van der Waals surface area contributed by atoms with E-state index < -0.39 is 10.8 Å². The Hall–Kier alpha value is -19.1. The van der Waals surface area contributed by atoms with Gasteiger partial charge in [-0.1, -0.05) is 431 Å². The third-order valence-corrected chi connectivity index (χ3v) is 28.1. The number of ether oxygens (including phenoxy) is 2. The molecule has 13 heteroatoms. The highest BCUT2D eigenvalue weighted by Crippen LogP contribution is 2.66. The van der Waals surface area contributed by atoms with Crippen LogP contribution in [0.2, 0.25) is 0 Å². The largest absolute Gasteiger partial charge is 0.457 e. The van der Waals surface area contributed by atoms with E-state index in [0.717, 1.165) is 212 Å². The SMILES string of the molecule is c1ccc(-c2ccc(-c3nc(-c4ccc(-c5ccccc5)cc4)nc(-c4ccc5c(c4)-c4cc(-c6nc(-c7ccccc7)nc(-c7ccccc7)n6)ccc4C54c5ccccc5Oc5c(-c6ccc(-c7nc(-c8ccccc8)nc(-c8ccc9c(c8)-c8cc(-c%10ccc(-c%11nc(-c%12ccccc%12)cc(-c%12ccccc%12)n%11)cc%10)ccc8C98c9ccccc9Oc9ccccc98)n7)cc6)cccc54)n3)cc2)cc1. The fraction of sp³-hybridized carbons (Fsp3) is 0.0155. The number of hydrogen-bond donors (Lipinski definition) is 0. The second-order valence-corrected chi connectivity index (χ2v) is 36.2. The highest BCUT2D eigenvalue weighted by atomic mass is 16.5. The third kappa shape index (κ3) is 14.0. The van der Waals surface area contributed by atoms with E-state index in [4.69, 9.17) is 64.3 Å². The Balaban J connectivity index is 0.589. The van der Waals surface area contributed by atoms with E-state index in [1.165, 1.54) is 0 Å². The molecule has 23 aromatic rings. The maximum Gasteiger partial charge on any atom is 0.164 e. The third-order valence-electron chi connectivity index (χ3n) is 28.1. The van der Waals surface area contributed by atoms with E-state index in [9.17, 15) is 0 Å². The highest BCUT2D eigenvalue weighted by Gasteiger charge is 2.54. The second kappa shape index (κ2) is 34.0. The first kappa shape index (κ1) is 82.4. The van der Waals surface area contributed by atoms with E-state index in [1.54, 1.807) is 0 Å². The smallest absolute Gasteiger partial charge is 0.164 e. The standard InChI is InChI=1S/C129H79N11O2/c1-8-29-80(30-9-1)82-51-59-92(60-52-82)122-134-123(93-61-53-83(54-62-93)81-31-10-2-11-32-81)139-127(138-122)98-70-74-107-103(78-98)102-77-97(125-135-119(88-37-16-5-17-38-88)132-120(136-125)89-39-18-6-19-40-89)69-73-106(102)129(107)110-46-24-27-50-116(110)142-117-99(43-28-47-111(117)129)85-57-65-94(66-58-85)124-133-121(90-41-20-7-21-42-90)137-126(140-124)96-68-72-105-101(76-96)100-75-95(67-71-104(100)128(105)108-44-22-25-48-114(108)141-115-49-26-23-45-109(115)128)84-55-63-91(64-56-84)118-130-112(86-33-12-3-13-34-86)79-113(131-118)87-35-14-4-15-36-87/h1-79H. The summed E-state index contributed by atoms with van der Waals surface area (Å²) in [4.78, 5) is 58.8. The maximum atomic E-state index is 7.50. The van der Waals surface area contributed by atoms with Gasteiger partial charge in [0.2, 0.25) is 0 Å². The Morgan fingerprint density at radius 3 is 0.683 bits per heavy atom. The average Bonchev–Trinajstić information content (AvgIpc) is 1.51. The van der Waals surface area contributed by atoms with Crippen LogP contribution in [0.4, 0.5) is 0 Å². The Morgan fingerprint density at radius 2 is 0.345 bits per heavy atom. The quantitative estimate of drug-likeness (QED) is 0.0900. The van der Waals surface area contributed by atoms with Gasteiger partial charge in [-0.2, -0.15) is 0 Å². The van der Waals surface area contributed by atoms with E-state index in [2.05, 4.69) is 352 Å². The molecule has 6 heterocycles. The van der Waals surface area contributed by atoms with Crippen molar-refractivity contribution in [2.45, 2.75) is 10.8 Å². The molecule has 2 spiro atoms. The van der Waals surface area contributed by atoms with Crippen LogP contribution in [0.3, 0.4) is 0 Å². The van der Waals surface area contributed by atoms with Crippen LogP contribution in [0.5, 0.6) is 23.0 Å². The summed E-state index contributed by atoms with van der Waals surface area (Å²) < 4.78 is 14.4. The van der Waals surface area contributed by atoms with Crippen LogP contribution in [-0.2, 0) is 10.8 Å². The van der Waals surface area contributed by atoms with Crippen LogP contribution in [0, 0.1) is 0 Å². The van der Waals surface area contributed by atoms with E-state index in [1.807, 2.05) is 127 Å². The van der Waals surface area contributed by atoms with Gasteiger partial charge < -0.3 is 9.47 Å². The molecule has 0 saturated heterocycles. The predicted molar refractivity (Wildman–Crippen MR) is 564 cm³/mol. The molecule has 142 heavy (non-hydrogen) atoms. The van der Waals surface area contributed by atoms with Crippen LogP contribution >= 0.6 is 0 Å². The number of fused-ring (bicyclic) bond motifs is 18. The van der Waals surface area contributed by atoms with Crippen molar-refractivity contribution in [3.8, 4) is 226 Å². The fourth-order valence-corrected chi connectivity index (χ4v) is 21.3. The van der Waals surface area contributed by atoms with Gasteiger partial charge in [-0.15, -0.1) is 0 Å². The first-order chi connectivity index (χ1) is 70.3. The van der Waals surface area contributed by atoms with Crippen molar-refractivity contribution < 1.29 is 9.47 Å². The van der Waals surface area contributed by atoms with E-state index in [0.29, 0.717) is 58.2 Å². The van der Waals surface area contributed by atoms with Crippen molar-refractivity contribution >= 4 is 0 Å². The molecule has 662 valence electrons. The fourth-order valence-electron chi connectivity index (χ4n) is 21.3. The van der Waals surface area contributed by atoms with Crippen molar-refractivity contribution in [3.63, 3.8) is 0 Å². The first-order valence-corrected chi connectivity index (χ1v) is 47.7. The van der Waals surface area contributed by atoms with E-state index in [-0.39, 0.29) is 0 Å². The maximum absolute atomic E-state index is 7.50. The van der Waals surface area contributed by atoms with Gasteiger partial charge >= 0.3 is 0 Å². The summed E-state index contributed by atoms with van der Waals surface area (Å²) >= 11 is 0. The van der Waals surface area contributed by atoms with Gasteiger partial charge in [0.25, 0.3) is 0 Å². The summed E-state index contributed by atoms with van der Waals surface area (Å²) in [6.07, 6.45) is 0. The molecule has 13 nitrogen and oxygen atoms in total. The molecule has 1 unspecified atom stereocenters. The van der Waals surface area contributed by atoms with Crippen molar-refractivity contribution in [2.24, 2.45) is 0 Å². The number of benzene rings is 19. The molecule has 19 aromatic carbocycles. The predicted octanol–water partition coefficient (Wildman–Crippen LogP) is 30.6. The molecule has 0 radical (unpaired) electrons. The number of nitrogens with zero attached hydrogens (tertiary/aromatic N) is 11. The van der Waals surface area contributed by atoms with Gasteiger partial charge in [-0.25, -0.2) is 54.8 Å². The molecule has 0 fully saturated rings. The minimum absolute atomic E-state index is 0.515. The Morgan fingerprint density at radius 1 is 0.127 bits per heavy atom. The van der Waals surface area contributed by atoms with Gasteiger partial charge in [0.05, 0.1) is 22.2 Å². The zero-order valence-electron chi connectivity index (χ0n) is 76.3. The van der Waals surface area contributed by atoms with Gasteiger partial charge in [0, 0.05) is 94.6 Å². The van der Waals surface area contributed by atoms with Crippen LogP contribution in [0.1, 0.15) is 44.5 Å². The van der Waals surface area contributed by atoms with Gasteiger partial charge in [0.1, 0.15) is 23.0 Å². The highest BCUT2D eigenvalue weighted by molar-refractivity contribution is 5.96. The van der Waals surface area contributed by atoms with Crippen LogP contribution in [0.15, 0.2) is 479 Å². The molecule has 0 N–H and O–H groups in total. The normalized spacial score (nSPS) is 13.4. The van der Waals surface area contributed by atoms with Crippen LogP contribution in [-0.4, -0.2) is 54.8 Å². The molecule has 0 saturated carbocycles. The zero-order valence-corrected chi connectivity index (χ0v) is 76.3. The molecule has 4 aromatic heterocycles. The molecule has 4 aliphatic rings. The summed E-state index contributed by atoms with van der Waals surface area (Å²) in [5, 5.41) is 0. The monoisotopic (exact) mass is 1810 g/mol. The van der Waals surface area contributed by atoms with Crippen molar-refractivity contribution in [3.05, 3.63) is 524 Å². The number of rotatable bonds is 16. The van der Waals surface area contributed by atoms with Gasteiger partial charge in [-0.3, -0.25) is 0 Å². The van der Waals surface area contributed by atoms with Crippen LogP contribution < -0.4 is 9.47 Å². The number of hydrogen-bond acceptors (Lipinski definition) is 13. The molecule has 27 rings (SSSR count). The lowest BCUT2D eigenvalue weighted by molar-refractivity contribution is 0.436. The molecule has 2 aliphatic carbocycles. The van der Waals surface area contributed by atoms with Gasteiger partial charge in [0.15, 0.2) is 58.2 Å². The van der Waals surface area contributed by atoms with E-state index >= 15 is 0 Å². The molecule has 1 atom stereocenters. The minimum atomic E-state index is -0.965. The van der Waals surface area contributed by atoms with Gasteiger partial charge in [-0.05, 0) is 132 Å². The summed E-state index contributed by atoms with van der Waals surface area (Å²) in [6.45, 7) is 0. The topological polar surface area (TPSA) is 160 Å². The van der Waals surface area contributed by atoms with Crippen molar-refractivity contribution in [1.82, 2.24) is 54.8 Å². The first-order valence-electron chi connectivity index (χ1n) is 47.7. The molecule has 2 aliphatic heterocycles. The summed E-state index contributed by atoms with van der Waals surface area (Å²) in [7, 11) is 0. The number of para-hydroxylation sites is 4. The minimum Gasteiger partial charge on any atom is -0.457 e. The summed E-state index contributed by atoms with van der Waals surface area (Å²) in [5.74, 6) is 8.57. The average molecular weight is 1820 g/mol. The second-order valence-electron chi connectivity index (χ2n) is 36.2. The lowest BCUT2D eigenvalue weighted by atomic mass is 9.65.